The largest absolute Gasteiger partial charge is 0.249 e. The van der Waals surface area contributed by atoms with Gasteiger partial charge in [-0.1, -0.05) is 30.9 Å². The van der Waals surface area contributed by atoms with Crippen LogP contribution < -0.4 is 0 Å². The van der Waals surface area contributed by atoms with Crippen LogP contribution in [0.4, 0.5) is 0 Å². The molecule has 0 radical (unpaired) electrons. The van der Waals surface area contributed by atoms with Gasteiger partial charge in [0, 0.05) is 12.1 Å². The first-order chi connectivity index (χ1) is 7.43. The van der Waals surface area contributed by atoms with E-state index in [0.29, 0.717) is 12.0 Å². The highest BCUT2D eigenvalue weighted by Gasteiger charge is 2.23. The first-order valence-electron chi connectivity index (χ1n) is 6.35. The zero-order valence-corrected chi connectivity index (χ0v) is 9.23. The number of nitrogens with zero attached hydrogens (tertiary/aromatic N) is 3. The van der Waals surface area contributed by atoms with Gasteiger partial charge in [-0.3, -0.25) is 0 Å². The first-order valence-corrected chi connectivity index (χ1v) is 6.35. The Bertz CT molecular complexity index is 289. The van der Waals surface area contributed by atoms with Crippen LogP contribution in [0.1, 0.15) is 69.0 Å². The summed E-state index contributed by atoms with van der Waals surface area (Å²) in [5, 5.41) is 8.67. The molecule has 2 saturated carbocycles. The van der Waals surface area contributed by atoms with Crippen molar-refractivity contribution in [2.45, 2.75) is 63.3 Å². The molecule has 2 aliphatic rings. The topological polar surface area (TPSA) is 30.7 Å². The molecule has 1 heterocycles. The van der Waals surface area contributed by atoms with Crippen LogP contribution in [0, 0.1) is 0 Å². The minimum absolute atomic E-state index is 0.646. The summed E-state index contributed by atoms with van der Waals surface area (Å²) >= 11 is 0. The van der Waals surface area contributed by atoms with Crippen LogP contribution in [0.25, 0.3) is 0 Å². The predicted molar refractivity (Wildman–Crippen MR) is 58.7 cm³/mol. The molecule has 1 aromatic heterocycles. The van der Waals surface area contributed by atoms with E-state index in [9.17, 15) is 0 Å². The Morgan fingerprint density at radius 3 is 2.40 bits per heavy atom. The summed E-state index contributed by atoms with van der Waals surface area (Å²) < 4.78 is 2.13. The van der Waals surface area contributed by atoms with E-state index in [0.717, 1.165) is 0 Å². The van der Waals surface area contributed by atoms with Crippen molar-refractivity contribution in [2.24, 2.45) is 0 Å². The Balaban J connectivity index is 1.74. The third-order valence-corrected chi connectivity index (χ3v) is 4.00. The molecule has 0 atom stereocenters. The Labute approximate surface area is 90.9 Å². The van der Waals surface area contributed by atoms with E-state index >= 15 is 0 Å². The molecule has 3 rings (SSSR count). The SMILES string of the molecule is c1c(C2CCCC2)nnn1C1CCCC1. The van der Waals surface area contributed by atoms with E-state index < -0.39 is 0 Å². The first kappa shape index (κ1) is 9.37. The second kappa shape index (κ2) is 3.95. The lowest BCUT2D eigenvalue weighted by Gasteiger charge is -2.07. The third-order valence-electron chi connectivity index (χ3n) is 4.00. The highest BCUT2D eigenvalue weighted by atomic mass is 15.4. The van der Waals surface area contributed by atoms with Crippen LogP contribution in [0.5, 0.6) is 0 Å². The Morgan fingerprint density at radius 1 is 1.00 bits per heavy atom. The molecule has 0 unspecified atom stereocenters. The van der Waals surface area contributed by atoms with Crippen molar-refractivity contribution < 1.29 is 0 Å². The standard InChI is InChI=1S/C12H19N3/c1-2-6-10(5-1)12-9-15(14-13-12)11-7-3-4-8-11/h9-11H,1-8H2. The van der Waals surface area contributed by atoms with E-state index in [1.54, 1.807) is 0 Å². The molecule has 3 nitrogen and oxygen atoms in total. The van der Waals surface area contributed by atoms with Crippen molar-refractivity contribution in [3.05, 3.63) is 11.9 Å². The van der Waals surface area contributed by atoms with Gasteiger partial charge in [-0.2, -0.15) is 0 Å². The van der Waals surface area contributed by atoms with Crippen molar-refractivity contribution in [1.29, 1.82) is 0 Å². The summed E-state index contributed by atoms with van der Waals surface area (Å²) in [6.45, 7) is 0. The van der Waals surface area contributed by atoms with E-state index in [1.165, 1.54) is 57.1 Å². The molecular weight excluding hydrogens is 186 g/mol. The van der Waals surface area contributed by atoms with Crippen molar-refractivity contribution in [3.63, 3.8) is 0 Å². The average Bonchev–Trinajstić information content (AvgIpc) is 3.02. The van der Waals surface area contributed by atoms with Crippen molar-refractivity contribution in [1.82, 2.24) is 15.0 Å². The lowest BCUT2D eigenvalue weighted by molar-refractivity contribution is 0.454. The monoisotopic (exact) mass is 205 g/mol. The summed E-state index contributed by atoms with van der Waals surface area (Å²) in [5.41, 5.74) is 1.25. The number of aromatic nitrogens is 3. The molecule has 0 spiro atoms. The summed E-state index contributed by atoms with van der Waals surface area (Å²) in [4.78, 5) is 0. The van der Waals surface area contributed by atoms with Gasteiger partial charge in [0.15, 0.2) is 0 Å². The summed E-state index contributed by atoms with van der Waals surface area (Å²) in [6, 6.07) is 0.646. The van der Waals surface area contributed by atoms with Crippen LogP contribution in [0.15, 0.2) is 6.20 Å². The lowest BCUT2D eigenvalue weighted by Crippen LogP contribution is -2.04. The Kier molecular flexibility index (Phi) is 2.47. The van der Waals surface area contributed by atoms with E-state index in [-0.39, 0.29) is 0 Å². The number of rotatable bonds is 2. The van der Waals surface area contributed by atoms with Gasteiger partial charge in [0.2, 0.25) is 0 Å². The Morgan fingerprint density at radius 2 is 1.67 bits per heavy atom. The normalized spacial score (nSPS) is 24.0. The molecule has 2 aliphatic carbocycles. The van der Waals surface area contributed by atoms with Gasteiger partial charge < -0.3 is 0 Å². The van der Waals surface area contributed by atoms with Gasteiger partial charge in [0.25, 0.3) is 0 Å². The van der Waals surface area contributed by atoms with Crippen LogP contribution in [0.3, 0.4) is 0 Å². The van der Waals surface area contributed by atoms with Crippen molar-refractivity contribution in [2.75, 3.05) is 0 Å². The highest BCUT2D eigenvalue weighted by molar-refractivity contribution is 5.04. The quantitative estimate of drug-likeness (QED) is 0.743. The van der Waals surface area contributed by atoms with Gasteiger partial charge >= 0.3 is 0 Å². The molecule has 0 N–H and O–H groups in total. The smallest absolute Gasteiger partial charge is 0.0858 e. The molecular formula is C12H19N3. The van der Waals surface area contributed by atoms with E-state index in [1.807, 2.05) is 0 Å². The maximum atomic E-state index is 4.36. The van der Waals surface area contributed by atoms with E-state index in [2.05, 4.69) is 21.2 Å². The number of hydrogen-bond donors (Lipinski definition) is 0. The van der Waals surface area contributed by atoms with Crippen molar-refractivity contribution >= 4 is 0 Å². The van der Waals surface area contributed by atoms with Crippen molar-refractivity contribution in [3.8, 4) is 0 Å². The molecule has 82 valence electrons. The molecule has 1 aromatic rings. The molecule has 0 saturated heterocycles. The average molecular weight is 205 g/mol. The maximum absolute atomic E-state index is 4.36. The van der Waals surface area contributed by atoms with Gasteiger partial charge in [-0.25, -0.2) is 4.68 Å². The fraction of sp³-hybridized carbons (Fsp3) is 0.833. The highest BCUT2D eigenvalue weighted by Crippen LogP contribution is 2.34. The molecule has 0 amide bonds. The summed E-state index contributed by atoms with van der Waals surface area (Å²) in [5.74, 6) is 0.708. The van der Waals surface area contributed by atoms with E-state index in [4.69, 9.17) is 0 Å². The molecule has 3 heteroatoms. The summed E-state index contributed by atoms with van der Waals surface area (Å²) in [7, 11) is 0. The molecule has 0 aromatic carbocycles. The number of hydrogen-bond acceptors (Lipinski definition) is 2. The lowest BCUT2D eigenvalue weighted by atomic mass is 10.1. The fourth-order valence-corrected chi connectivity index (χ4v) is 3.05. The summed E-state index contributed by atoms with van der Waals surface area (Å²) in [6.07, 6.45) is 12.9. The fourth-order valence-electron chi connectivity index (χ4n) is 3.05. The zero-order chi connectivity index (χ0) is 10.1. The van der Waals surface area contributed by atoms with Crippen LogP contribution in [-0.4, -0.2) is 15.0 Å². The second-order valence-electron chi connectivity index (χ2n) is 5.04. The van der Waals surface area contributed by atoms with Gasteiger partial charge in [0.1, 0.15) is 0 Å². The minimum Gasteiger partial charge on any atom is -0.249 e. The molecule has 15 heavy (non-hydrogen) atoms. The third kappa shape index (κ3) is 1.80. The van der Waals surface area contributed by atoms with Crippen LogP contribution >= 0.6 is 0 Å². The minimum atomic E-state index is 0.646. The molecule has 2 fully saturated rings. The Hall–Kier alpha value is -0.860. The molecule has 0 aliphatic heterocycles. The second-order valence-corrected chi connectivity index (χ2v) is 5.04. The van der Waals surface area contributed by atoms with Gasteiger partial charge in [-0.05, 0) is 25.7 Å². The predicted octanol–water partition coefficient (Wildman–Crippen LogP) is 3.05. The van der Waals surface area contributed by atoms with Gasteiger partial charge in [0.05, 0.1) is 11.7 Å². The van der Waals surface area contributed by atoms with Crippen LogP contribution in [-0.2, 0) is 0 Å². The molecule has 0 bridgehead atoms. The maximum Gasteiger partial charge on any atom is 0.0858 e. The zero-order valence-electron chi connectivity index (χ0n) is 9.23. The van der Waals surface area contributed by atoms with Crippen LogP contribution in [0.2, 0.25) is 0 Å². The van der Waals surface area contributed by atoms with Gasteiger partial charge in [-0.15, -0.1) is 5.10 Å².